The van der Waals surface area contributed by atoms with Gasteiger partial charge in [0.1, 0.15) is 6.04 Å². The first-order valence-electron chi connectivity index (χ1n) is 10.8. The van der Waals surface area contributed by atoms with Crippen molar-refractivity contribution >= 4 is 54.7 Å². The number of nitrogens with zero attached hydrogens (tertiary/aromatic N) is 3. The number of pyridine rings is 1. The van der Waals surface area contributed by atoms with Crippen LogP contribution in [0.3, 0.4) is 0 Å². The predicted molar refractivity (Wildman–Crippen MR) is 146 cm³/mol. The highest BCUT2D eigenvalue weighted by molar-refractivity contribution is 9.10. The van der Waals surface area contributed by atoms with Crippen molar-refractivity contribution in [2.45, 2.75) is 12.1 Å². The van der Waals surface area contributed by atoms with Gasteiger partial charge in [0.2, 0.25) is 10.0 Å². The van der Waals surface area contributed by atoms with E-state index in [0.717, 1.165) is 33.5 Å². The minimum Gasteiger partial charge on any atom is -0.351 e. The standard InChI is InChI=1S/C25H22BrN5O2S2/c1-35(32,33)29-18-9-13-20(14-10-18)31-24(23(28-25(31)34)21-5-2-3-15-27-21)22-6-4-16-30(22)19-11-7-17(26)8-12-19/h2-16,23-24,29H,1H3,(H,28,34). The smallest absolute Gasteiger partial charge is 0.229 e. The Kier molecular flexibility index (Phi) is 6.35. The lowest BCUT2D eigenvalue weighted by Gasteiger charge is -2.29. The van der Waals surface area contributed by atoms with Crippen molar-refractivity contribution in [1.29, 1.82) is 0 Å². The summed E-state index contributed by atoms with van der Waals surface area (Å²) in [4.78, 5) is 6.67. The number of halogens is 1. The zero-order valence-electron chi connectivity index (χ0n) is 18.7. The lowest BCUT2D eigenvalue weighted by atomic mass is 10.0. The molecule has 2 aromatic carbocycles. The highest BCUT2D eigenvalue weighted by Crippen LogP contribution is 2.42. The number of anilines is 2. The zero-order valence-corrected chi connectivity index (χ0v) is 21.9. The van der Waals surface area contributed by atoms with Crippen LogP contribution in [0.4, 0.5) is 11.4 Å². The van der Waals surface area contributed by atoms with Crippen LogP contribution >= 0.6 is 28.1 Å². The van der Waals surface area contributed by atoms with Crippen molar-refractivity contribution in [2.24, 2.45) is 0 Å². The Morgan fingerprint density at radius 1 is 0.971 bits per heavy atom. The first kappa shape index (κ1) is 23.5. The Morgan fingerprint density at radius 3 is 2.34 bits per heavy atom. The molecule has 1 saturated heterocycles. The Bertz CT molecular complexity index is 1460. The lowest BCUT2D eigenvalue weighted by molar-refractivity contribution is 0.549. The molecule has 2 N–H and O–H groups in total. The summed E-state index contributed by atoms with van der Waals surface area (Å²) in [6, 6.07) is 24.9. The summed E-state index contributed by atoms with van der Waals surface area (Å²) in [7, 11) is -3.37. The fourth-order valence-corrected chi connectivity index (χ4v) is 5.48. The SMILES string of the molecule is CS(=O)(=O)Nc1ccc(N2C(=S)NC(c3ccccn3)C2c2cccn2-c2ccc(Br)cc2)cc1. The molecular formula is C25H22BrN5O2S2. The third kappa shape index (κ3) is 4.95. The average molecular weight is 569 g/mol. The van der Waals surface area contributed by atoms with E-state index in [2.05, 4.69) is 58.6 Å². The van der Waals surface area contributed by atoms with Crippen molar-refractivity contribution in [2.75, 3.05) is 15.9 Å². The maximum atomic E-state index is 11.6. The average Bonchev–Trinajstić information content (AvgIpc) is 3.44. The summed E-state index contributed by atoms with van der Waals surface area (Å²) >= 11 is 9.32. The fraction of sp³-hybridized carbons (Fsp3) is 0.120. The van der Waals surface area contributed by atoms with Gasteiger partial charge in [0.15, 0.2) is 5.11 Å². The molecule has 3 heterocycles. The molecule has 0 amide bonds. The second-order valence-electron chi connectivity index (χ2n) is 8.20. The van der Waals surface area contributed by atoms with E-state index < -0.39 is 10.0 Å². The van der Waals surface area contributed by atoms with Gasteiger partial charge in [-0.25, -0.2) is 8.42 Å². The molecule has 7 nitrogen and oxygen atoms in total. The minimum atomic E-state index is -3.37. The zero-order chi connectivity index (χ0) is 24.6. The van der Waals surface area contributed by atoms with E-state index in [9.17, 15) is 8.42 Å². The molecule has 0 bridgehead atoms. The second kappa shape index (κ2) is 9.44. The Labute approximate surface area is 218 Å². The first-order chi connectivity index (χ1) is 16.8. The maximum Gasteiger partial charge on any atom is 0.229 e. The van der Waals surface area contributed by atoms with Crippen molar-refractivity contribution in [3.05, 3.63) is 107 Å². The van der Waals surface area contributed by atoms with Crippen molar-refractivity contribution in [3.63, 3.8) is 0 Å². The molecule has 1 fully saturated rings. The number of hydrogen-bond acceptors (Lipinski definition) is 4. The van der Waals surface area contributed by atoms with E-state index >= 15 is 0 Å². The Balaban J connectivity index is 1.60. The van der Waals surface area contributed by atoms with Gasteiger partial charge in [-0.15, -0.1) is 0 Å². The van der Waals surface area contributed by atoms with E-state index in [0.29, 0.717) is 10.8 Å². The molecule has 0 radical (unpaired) electrons. The highest BCUT2D eigenvalue weighted by Gasteiger charge is 2.42. The van der Waals surface area contributed by atoms with Gasteiger partial charge in [0, 0.05) is 39.6 Å². The van der Waals surface area contributed by atoms with Crippen LogP contribution in [0.2, 0.25) is 0 Å². The van der Waals surface area contributed by atoms with Gasteiger partial charge in [0.05, 0.1) is 18.0 Å². The van der Waals surface area contributed by atoms with E-state index in [1.165, 1.54) is 0 Å². The van der Waals surface area contributed by atoms with Crippen LogP contribution in [0.5, 0.6) is 0 Å². The van der Waals surface area contributed by atoms with Crippen LogP contribution in [0.15, 0.2) is 95.7 Å². The van der Waals surface area contributed by atoms with E-state index in [-0.39, 0.29) is 12.1 Å². The summed E-state index contributed by atoms with van der Waals surface area (Å²) in [5.74, 6) is 0. The summed E-state index contributed by atoms with van der Waals surface area (Å²) < 4.78 is 28.9. The van der Waals surface area contributed by atoms with Gasteiger partial charge < -0.3 is 14.8 Å². The largest absolute Gasteiger partial charge is 0.351 e. The second-order valence-corrected chi connectivity index (χ2v) is 11.2. The molecule has 35 heavy (non-hydrogen) atoms. The van der Waals surface area contributed by atoms with Crippen molar-refractivity contribution in [1.82, 2.24) is 14.9 Å². The molecule has 0 aliphatic carbocycles. The van der Waals surface area contributed by atoms with Gasteiger partial charge in [-0.05, 0) is 85.0 Å². The van der Waals surface area contributed by atoms with Gasteiger partial charge >= 0.3 is 0 Å². The Morgan fingerprint density at radius 2 is 1.69 bits per heavy atom. The van der Waals surface area contributed by atoms with Gasteiger partial charge in [-0.2, -0.15) is 0 Å². The number of benzene rings is 2. The fourth-order valence-electron chi connectivity index (χ4n) is 4.31. The van der Waals surface area contributed by atoms with Crippen LogP contribution < -0.4 is 14.9 Å². The van der Waals surface area contributed by atoms with Crippen LogP contribution in [-0.4, -0.2) is 29.3 Å². The highest BCUT2D eigenvalue weighted by atomic mass is 79.9. The number of rotatable bonds is 6. The summed E-state index contributed by atoms with van der Waals surface area (Å²) in [6.07, 6.45) is 4.94. The van der Waals surface area contributed by atoms with E-state index in [1.807, 2.05) is 54.7 Å². The third-order valence-electron chi connectivity index (χ3n) is 5.73. The van der Waals surface area contributed by atoms with Gasteiger partial charge in [0.25, 0.3) is 0 Å². The monoisotopic (exact) mass is 567 g/mol. The number of thiocarbonyl (C=S) groups is 1. The molecule has 10 heteroatoms. The number of nitrogens with one attached hydrogen (secondary N) is 2. The molecule has 0 saturated carbocycles. The predicted octanol–water partition coefficient (Wildman–Crippen LogP) is 5.18. The van der Waals surface area contributed by atoms with Crippen LogP contribution in [-0.2, 0) is 10.0 Å². The Hall–Kier alpha value is -3.21. The maximum absolute atomic E-state index is 11.6. The molecule has 2 atom stereocenters. The molecule has 4 aromatic rings. The number of sulfonamides is 1. The van der Waals surface area contributed by atoms with Crippen LogP contribution in [0.25, 0.3) is 5.69 Å². The van der Waals surface area contributed by atoms with Crippen LogP contribution in [0, 0.1) is 0 Å². The summed E-state index contributed by atoms with van der Waals surface area (Å²) in [6.45, 7) is 0. The normalized spacial score (nSPS) is 17.9. The molecule has 2 aromatic heterocycles. The van der Waals surface area contributed by atoms with Gasteiger partial charge in [-0.3, -0.25) is 9.71 Å². The van der Waals surface area contributed by atoms with E-state index in [1.54, 1.807) is 18.3 Å². The molecular weight excluding hydrogens is 546 g/mol. The topological polar surface area (TPSA) is 79.3 Å². The summed E-state index contributed by atoms with van der Waals surface area (Å²) in [5, 5.41) is 4.03. The van der Waals surface area contributed by atoms with Crippen molar-refractivity contribution < 1.29 is 8.42 Å². The molecule has 0 spiro atoms. The quantitative estimate of drug-likeness (QED) is 0.312. The molecule has 1 aliphatic rings. The molecule has 178 valence electrons. The lowest BCUT2D eigenvalue weighted by Crippen LogP contribution is -2.30. The minimum absolute atomic E-state index is 0.193. The molecule has 1 aliphatic heterocycles. The van der Waals surface area contributed by atoms with E-state index in [4.69, 9.17) is 12.2 Å². The third-order valence-corrected chi connectivity index (χ3v) is 7.18. The molecule has 5 rings (SSSR count). The van der Waals surface area contributed by atoms with Crippen LogP contribution in [0.1, 0.15) is 23.5 Å². The number of hydrogen-bond donors (Lipinski definition) is 2. The first-order valence-corrected chi connectivity index (χ1v) is 13.9. The summed E-state index contributed by atoms with van der Waals surface area (Å²) in [5.41, 5.74) is 4.27. The van der Waals surface area contributed by atoms with Gasteiger partial charge in [-0.1, -0.05) is 22.0 Å². The number of aromatic nitrogens is 2. The molecule has 2 unspecified atom stereocenters. The van der Waals surface area contributed by atoms with Crippen molar-refractivity contribution in [3.8, 4) is 5.69 Å².